The lowest BCUT2D eigenvalue weighted by Crippen LogP contribution is -2.01. The van der Waals surface area contributed by atoms with E-state index in [1.54, 1.807) is 24.3 Å². The third-order valence-corrected chi connectivity index (χ3v) is 4.83. The number of aromatic nitrogens is 1. The highest BCUT2D eigenvalue weighted by molar-refractivity contribution is 5.89. The molecular formula is C26H21NO4. The Labute approximate surface area is 180 Å². The van der Waals surface area contributed by atoms with Gasteiger partial charge in [-0.3, -0.25) is 0 Å². The molecule has 0 unspecified atom stereocenters. The van der Waals surface area contributed by atoms with Crippen molar-refractivity contribution in [2.45, 2.75) is 6.61 Å². The molecule has 0 aliphatic rings. The molecule has 1 aromatic heterocycles. The van der Waals surface area contributed by atoms with Gasteiger partial charge in [0.15, 0.2) is 0 Å². The average Bonchev–Trinajstić information content (AvgIpc) is 2.82. The maximum atomic E-state index is 11.5. The second-order valence-electron chi connectivity index (χ2n) is 6.96. The van der Waals surface area contributed by atoms with Crippen molar-refractivity contribution in [3.05, 3.63) is 101 Å². The standard InChI is InChI=1S/C26H21NO4/c1-30-26(29)21-10-5-19(6-11-21)17-31-23-15-8-18(9-16-23)7-13-22-14-12-20-3-2-4-24(28)25(20)27-22/h2-16,28H,17H2,1H3/b13-7+. The molecule has 31 heavy (non-hydrogen) atoms. The summed E-state index contributed by atoms with van der Waals surface area (Å²) >= 11 is 0. The van der Waals surface area contributed by atoms with E-state index in [2.05, 4.69) is 4.98 Å². The van der Waals surface area contributed by atoms with Gasteiger partial charge in [-0.2, -0.15) is 0 Å². The van der Waals surface area contributed by atoms with Crippen molar-refractivity contribution >= 4 is 29.0 Å². The zero-order valence-corrected chi connectivity index (χ0v) is 17.0. The first kappa shape index (κ1) is 20.2. The van der Waals surface area contributed by atoms with Crippen LogP contribution < -0.4 is 4.74 Å². The van der Waals surface area contributed by atoms with E-state index in [4.69, 9.17) is 9.47 Å². The molecule has 0 aliphatic heterocycles. The van der Waals surface area contributed by atoms with Gasteiger partial charge < -0.3 is 14.6 Å². The molecule has 0 saturated heterocycles. The number of ether oxygens (including phenoxy) is 2. The molecular weight excluding hydrogens is 390 g/mol. The van der Waals surface area contributed by atoms with Crippen LogP contribution in [0.1, 0.15) is 27.2 Å². The lowest BCUT2D eigenvalue weighted by atomic mass is 10.1. The summed E-state index contributed by atoms with van der Waals surface area (Å²) in [5.41, 5.74) is 3.84. The Morgan fingerprint density at radius 1 is 0.935 bits per heavy atom. The second kappa shape index (κ2) is 9.13. The molecule has 4 aromatic rings. The van der Waals surface area contributed by atoms with E-state index in [9.17, 15) is 9.90 Å². The third-order valence-electron chi connectivity index (χ3n) is 4.83. The number of methoxy groups -OCH3 is 1. The lowest BCUT2D eigenvalue weighted by Gasteiger charge is -2.07. The molecule has 0 spiro atoms. The maximum Gasteiger partial charge on any atom is 0.337 e. The zero-order chi connectivity index (χ0) is 21.6. The van der Waals surface area contributed by atoms with E-state index in [-0.39, 0.29) is 11.7 Å². The molecule has 0 bridgehead atoms. The Kier molecular flexibility index (Phi) is 5.94. The number of fused-ring (bicyclic) bond motifs is 1. The first-order valence-corrected chi connectivity index (χ1v) is 9.79. The van der Waals surface area contributed by atoms with Crippen molar-refractivity contribution in [1.82, 2.24) is 4.98 Å². The van der Waals surface area contributed by atoms with E-state index in [0.29, 0.717) is 17.7 Å². The molecule has 5 nitrogen and oxygen atoms in total. The number of nitrogens with zero attached hydrogens (tertiary/aromatic N) is 1. The van der Waals surface area contributed by atoms with Gasteiger partial charge in [0.05, 0.1) is 18.4 Å². The van der Waals surface area contributed by atoms with Crippen molar-refractivity contribution in [2.75, 3.05) is 7.11 Å². The van der Waals surface area contributed by atoms with Gasteiger partial charge >= 0.3 is 5.97 Å². The zero-order valence-electron chi connectivity index (χ0n) is 17.0. The molecule has 0 atom stereocenters. The summed E-state index contributed by atoms with van der Waals surface area (Å²) in [6.07, 6.45) is 3.87. The fraction of sp³-hybridized carbons (Fsp3) is 0.0769. The van der Waals surface area contributed by atoms with Crippen LogP contribution in [0, 0.1) is 0 Å². The number of benzene rings is 3. The van der Waals surface area contributed by atoms with Crippen LogP contribution in [0.4, 0.5) is 0 Å². The fourth-order valence-corrected chi connectivity index (χ4v) is 3.12. The number of carbonyl (C=O) groups excluding carboxylic acids is 1. The molecule has 0 saturated carbocycles. The van der Waals surface area contributed by atoms with Gasteiger partial charge in [-0.1, -0.05) is 48.5 Å². The number of hydrogen-bond acceptors (Lipinski definition) is 5. The van der Waals surface area contributed by atoms with Crippen molar-refractivity contribution < 1.29 is 19.4 Å². The number of esters is 1. The van der Waals surface area contributed by atoms with E-state index in [0.717, 1.165) is 28.0 Å². The van der Waals surface area contributed by atoms with Crippen LogP contribution in [-0.2, 0) is 11.3 Å². The highest BCUT2D eigenvalue weighted by Crippen LogP contribution is 2.23. The summed E-state index contributed by atoms with van der Waals surface area (Å²) in [7, 11) is 1.36. The van der Waals surface area contributed by atoms with Crippen molar-refractivity contribution in [3.63, 3.8) is 0 Å². The normalized spacial score (nSPS) is 11.0. The molecule has 0 amide bonds. The van der Waals surface area contributed by atoms with Gasteiger partial charge in [-0.05, 0) is 53.6 Å². The van der Waals surface area contributed by atoms with E-state index in [1.807, 2.05) is 66.7 Å². The van der Waals surface area contributed by atoms with Gasteiger partial charge in [0.25, 0.3) is 0 Å². The van der Waals surface area contributed by atoms with Crippen LogP contribution in [0.25, 0.3) is 23.1 Å². The number of phenols is 1. The SMILES string of the molecule is COC(=O)c1ccc(COc2ccc(/C=C/c3ccc4cccc(O)c4n3)cc2)cc1. The molecule has 4 rings (SSSR count). The van der Waals surface area contributed by atoms with Gasteiger partial charge in [-0.15, -0.1) is 0 Å². The van der Waals surface area contributed by atoms with E-state index in [1.165, 1.54) is 7.11 Å². The predicted octanol–water partition coefficient (Wildman–Crippen LogP) is 5.48. The number of rotatable bonds is 6. The minimum Gasteiger partial charge on any atom is -0.506 e. The van der Waals surface area contributed by atoms with Crippen LogP contribution >= 0.6 is 0 Å². The summed E-state index contributed by atoms with van der Waals surface area (Å²) in [6.45, 7) is 0.404. The number of hydrogen-bond donors (Lipinski definition) is 1. The largest absolute Gasteiger partial charge is 0.506 e. The first-order chi connectivity index (χ1) is 15.1. The van der Waals surface area contributed by atoms with Gasteiger partial charge in [0.1, 0.15) is 23.6 Å². The predicted molar refractivity (Wildman–Crippen MR) is 121 cm³/mol. The monoisotopic (exact) mass is 411 g/mol. The number of para-hydroxylation sites is 1. The fourth-order valence-electron chi connectivity index (χ4n) is 3.12. The second-order valence-corrected chi connectivity index (χ2v) is 6.96. The Morgan fingerprint density at radius 2 is 1.71 bits per heavy atom. The Morgan fingerprint density at radius 3 is 2.45 bits per heavy atom. The Balaban J connectivity index is 1.38. The molecule has 1 heterocycles. The number of phenolic OH excluding ortho intramolecular Hbond substituents is 1. The molecule has 0 fully saturated rings. The highest BCUT2D eigenvalue weighted by atomic mass is 16.5. The van der Waals surface area contributed by atoms with Crippen molar-refractivity contribution in [1.29, 1.82) is 0 Å². The molecule has 0 aliphatic carbocycles. The topological polar surface area (TPSA) is 68.7 Å². The van der Waals surface area contributed by atoms with Crippen LogP contribution in [0.15, 0.2) is 78.9 Å². The van der Waals surface area contributed by atoms with Gasteiger partial charge in [0, 0.05) is 5.39 Å². The Hall–Kier alpha value is -4.12. The maximum absolute atomic E-state index is 11.5. The molecule has 5 heteroatoms. The van der Waals surface area contributed by atoms with Crippen molar-refractivity contribution in [3.8, 4) is 11.5 Å². The number of aromatic hydroxyl groups is 1. The van der Waals surface area contributed by atoms with E-state index < -0.39 is 0 Å². The summed E-state index contributed by atoms with van der Waals surface area (Å²) in [4.78, 5) is 16.0. The van der Waals surface area contributed by atoms with Crippen LogP contribution in [0.5, 0.6) is 11.5 Å². The Bertz CT molecular complexity index is 1230. The van der Waals surface area contributed by atoms with Crippen molar-refractivity contribution in [2.24, 2.45) is 0 Å². The van der Waals surface area contributed by atoms with Gasteiger partial charge in [0.2, 0.25) is 0 Å². The molecule has 3 aromatic carbocycles. The summed E-state index contributed by atoms with van der Waals surface area (Å²) < 4.78 is 10.5. The smallest absolute Gasteiger partial charge is 0.337 e. The summed E-state index contributed by atoms with van der Waals surface area (Å²) in [6, 6.07) is 24.1. The summed E-state index contributed by atoms with van der Waals surface area (Å²) in [5.74, 6) is 0.573. The number of carbonyl (C=O) groups is 1. The molecule has 1 N–H and O–H groups in total. The molecule has 0 radical (unpaired) electrons. The van der Waals surface area contributed by atoms with Crippen LogP contribution in [0.3, 0.4) is 0 Å². The van der Waals surface area contributed by atoms with Gasteiger partial charge in [-0.25, -0.2) is 9.78 Å². The lowest BCUT2D eigenvalue weighted by molar-refractivity contribution is 0.0600. The minimum absolute atomic E-state index is 0.175. The van der Waals surface area contributed by atoms with E-state index >= 15 is 0 Å². The first-order valence-electron chi connectivity index (χ1n) is 9.79. The van der Waals surface area contributed by atoms with Crippen LogP contribution in [-0.4, -0.2) is 23.2 Å². The number of pyridine rings is 1. The summed E-state index contributed by atoms with van der Waals surface area (Å²) in [5, 5.41) is 10.9. The highest BCUT2D eigenvalue weighted by Gasteiger charge is 2.05. The third kappa shape index (κ3) is 4.90. The quantitative estimate of drug-likeness (QED) is 0.426. The molecule has 154 valence electrons. The minimum atomic E-state index is -0.355. The van der Waals surface area contributed by atoms with Crippen LogP contribution in [0.2, 0.25) is 0 Å². The average molecular weight is 411 g/mol.